The number of carbonyl (C=O) groups is 1. The maximum Gasteiger partial charge on any atom is 0.234 e. The molecular formula is C24H30N4O5. The molecule has 9 nitrogen and oxygen atoms in total. The number of hydrogen-bond donors (Lipinski definition) is 3. The van der Waals surface area contributed by atoms with Gasteiger partial charge in [-0.25, -0.2) is 0 Å². The lowest BCUT2D eigenvalue weighted by Gasteiger charge is -2.14. The first-order valence-electron chi connectivity index (χ1n) is 10.3. The van der Waals surface area contributed by atoms with E-state index in [0.29, 0.717) is 39.8 Å². The Hall–Kier alpha value is -3.90. The van der Waals surface area contributed by atoms with Crippen molar-refractivity contribution in [2.24, 2.45) is 5.73 Å². The van der Waals surface area contributed by atoms with Crippen LogP contribution in [-0.2, 0) is 4.79 Å². The smallest absolute Gasteiger partial charge is 0.234 e. The number of nitrogens with zero attached hydrogens (tertiary/aromatic N) is 1. The van der Waals surface area contributed by atoms with Gasteiger partial charge in [0.25, 0.3) is 0 Å². The number of anilines is 1. The number of nitrogens with two attached hydrogens (primary N) is 2. The second-order valence-electron chi connectivity index (χ2n) is 7.14. The first-order valence-corrected chi connectivity index (χ1v) is 10.3. The number of carbonyl (C=O) groups excluding carboxylic acids is 1. The Morgan fingerprint density at radius 3 is 2.09 bits per heavy atom. The highest BCUT2D eigenvalue weighted by Gasteiger charge is 2.18. The minimum Gasteiger partial charge on any atom is -0.495 e. The molecule has 0 radical (unpaired) electrons. The second kappa shape index (κ2) is 12.2. The molecule has 0 aromatic heterocycles. The van der Waals surface area contributed by atoms with Crippen molar-refractivity contribution < 1.29 is 23.7 Å². The van der Waals surface area contributed by atoms with E-state index in [4.69, 9.17) is 30.4 Å². The van der Waals surface area contributed by atoms with Crippen molar-refractivity contribution in [1.82, 2.24) is 5.32 Å². The number of methoxy groups -OCH3 is 4. The summed E-state index contributed by atoms with van der Waals surface area (Å²) < 4.78 is 21.1. The van der Waals surface area contributed by atoms with E-state index in [2.05, 4.69) is 11.4 Å². The van der Waals surface area contributed by atoms with Gasteiger partial charge in [-0.1, -0.05) is 6.07 Å². The summed E-state index contributed by atoms with van der Waals surface area (Å²) in [7, 11) is 6.14. The fraction of sp³-hybridized carbons (Fsp3) is 0.333. The van der Waals surface area contributed by atoms with E-state index >= 15 is 0 Å². The van der Waals surface area contributed by atoms with Gasteiger partial charge in [0.15, 0.2) is 11.5 Å². The maximum atomic E-state index is 10.4. The second-order valence-corrected chi connectivity index (χ2v) is 7.14. The Balaban J connectivity index is 0.000000405. The van der Waals surface area contributed by atoms with Crippen LogP contribution in [0.4, 0.5) is 5.69 Å². The first-order chi connectivity index (χ1) is 15.9. The molecule has 2 aromatic carbocycles. The topological polar surface area (TPSA) is 142 Å². The Bertz CT molecular complexity index is 1010. The lowest BCUT2D eigenvalue weighted by atomic mass is 10.0. The predicted molar refractivity (Wildman–Crippen MR) is 127 cm³/mol. The molecule has 0 saturated carbocycles. The summed E-state index contributed by atoms with van der Waals surface area (Å²) in [4.78, 5) is 10.4. The van der Waals surface area contributed by atoms with Crippen LogP contribution in [0.3, 0.4) is 0 Å². The third-order valence-corrected chi connectivity index (χ3v) is 5.06. The lowest BCUT2D eigenvalue weighted by Crippen LogP contribution is -2.36. The van der Waals surface area contributed by atoms with E-state index in [9.17, 15) is 10.1 Å². The zero-order valence-electron chi connectivity index (χ0n) is 19.3. The largest absolute Gasteiger partial charge is 0.495 e. The number of amides is 1. The van der Waals surface area contributed by atoms with Crippen LogP contribution in [0.1, 0.15) is 24.0 Å². The summed E-state index contributed by atoms with van der Waals surface area (Å²) in [6, 6.07) is 10.9. The summed E-state index contributed by atoms with van der Waals surface area (Å²) in [5, 5.41) is 12.6. The number of nitrogen functional groups attached to an aromatic ring is 1. The van der Waals surface area contributed by atoms with Crippen molar-refractivity contribution in [1.29, 1.82) is 5.26 Å². The molecule has 1 fully saturated rings. The third-order valence-electron chi connectivity index (χ3n) is 5.06. The summed E-state index contributed by atoms with van der Waals surface area (Å²) >= 11 is 0. The van der Waals surface area contributed by atoms with Crippen LogP contribution in [0.15, 0.2) is 30.3 Å². The van der Waals surface area contributed by atoms with Gasteiger partial charge >= 0.3 is 0 Å². The zero-order valence-corrected chi connectivity index (χ0v) is 19.3. The fourth-order valence-electron chi connectivity index (χ4n) is 3.35. The molecule has 1 saturated heterocycles. The van der Waals surface area contributed by atoms with Gasteiger partial charge in [0.1, 0.15) is 5.75 Å². The monoisotopic (exact) mass is 454 g/mol. The Morgan fingerprint density at radius 2 is 1.70 bits per heavy atom. The normalized spacial score (nSPS) is 15.0. The minimum absolute atomic E-state index is 0.0463. The molecule has 3 rings (SSSR count). The van der Waals surface area contributed by atoms with Crippen LogP contribution >= 0.6 is 0 Å². The van der Waals surface area contributed by atoms with Crippen LogP contribution < -0.4 is 35.7 Å². The molecule has 0 bridgehead atoms. The van der Waals surface area contributed by atoms with Crippen molar-refractivity contribution >= 4 is 23.2 Å². The SMILES string of the molecule is COc1ccc(/C=C(/C#N)c2cc(OC)c(OC)c(OC)c2)cc1N.NC(=O)[C@@H]1CCCN1. The van der Waals surface area contributed by atoms with Crippen LogP contribution in [0, 0.1) is 11.3 Å². The molecule has 0 aliphatic carbocycles. The van der Waals surface area contributed by atoms with Gasteiger partial charge < -0.3 is 35.7 Å². The summed E-state index contributed by atoms with van der Waals surface area (Å²) in [6.45, 7) is 0.938. The van der Waals surface area contributed by atoms with Crippen molar-refractivity contribution in [3.8, 4) is 29.1 Å². The highest BCUT2D eigenvalue weighted by atomic mass is 16.5. The van der Waals surface area contributed by atoms with E-state index < -0.39 is 0 Å². The maximum absolute atomic E-state index is 10.4. The van der Waals surface area contributed by atoms with Gasteiger partial charge in [-0.15, -0.1) is 0 Å². The molecule has 9 heteroatoms. The van der Waals surface area contributed by atoms with E-state index in [1.807, 2.05) is 6.07 Å². The molecule has 0 unspecified atom stereocenters. The van der Waals surface area contributed by atoms with Crippen LogP contribution in [0.2, 0.25) is 0 Å². The number of allylic oxidation sites excluding steroid dienone is 1. The average Bonchev–Trinajstić information content (AvgIpc) is 3.37. The fourth-order valence-corrected chi connectivity index (χ4v) is 3.35. The van der Waals surface area contributed by atoms with Crippen LogP contribution in [-0.4, -0.2) is 46.9 Å². The summed E-state index contributed by atoms with van der Waals surface area (Å²) in [5.41, 5.74) is 13.3. The number of rotatable bonds is 7. The number of ether oxygens (including phenoxy) is 4. The number of nitrogens with one attached hydrogen (secondary N) is 1. The van der Waals surface area contributed by atoms with E-state index in [-0.39, 0.29) is 11.9 Å². The Labute approximate surface area is 193 Å². The molecule has 176 valence electrons. The van der Waals surface area contributed by atoms with Gasteiger partial charge in [0.05, 0.1) is 51.8 Å². The van der Waals surface area contributed by atoms with Gasteiger partial charge in [-0.3, -0.25) is 4.79 Å². The molecule has 33 heavy (non-hydrogen) atoms. The van der Waals surface area contributed by atoms with Crippen LogP contribution in [0.25, 0.3) is 11.6 Å². The molecule has 1 atom stereocenters. The van der Waals surface area contributed by atoms with E-state index in [1.54, 1.807) is 37.5 Å². The molecule has 1 heterocycles. The van der Waals surface area contributed by atoms with Gasteiger partial charge in [0, 0.05) is 0 Å². The van der Waals surface area contributed by atoms with Crippen molar-refractivity contribution in [3.05, 3.63) is 41.5 Å². The van der Waals surface area contributed by atoms with E-state index in [0.717, 1.165) is 24.9 Å². The summed E-state index contributed by atoms with van der Waals surface area (Å²) in [6.07, 6.45) is 3.72. The molecule has 1 amide bonds. The van der Waals surface area contributed by atoms with Gasteiger partial charge in [0.2, 0.25) is 11.7 Å². The molecular weight excluding hydrogens is 424 g/mol. The van der Waals surface area contributed by atoms with Gasteiger partial charge in [-0.05, 0) is 60.9 Å². The van der Waals surface area contributed by atoms with Crippen molar-refractivity contribution in [2.45, 2.75) is 18.9 Å². The molecule has 5 N–H and O–H groups in total. The third kappa shape index (κ3) is 6.54. The summed E-state index contributed by atoms with van der Waals surface area (Å²) in [5.74, 6) is 1.80. The Morgan fingerprint density at radius 1 is 1.06 bits per heavy atom. The molecule has 0 spiro atoms. The van der Waals surface area contributed by atoms with Gasteiger partial charge in [-0.2, -0.15) is 5.26 Å². The van der Waals surface area contributed by atoms with E-state index in [1.165, 1.54) is 21.3 Å². The average molecular weight is 455 g/mol. The lowest BCUT2D eigenvalue weighted by molar-refractivity contribution is -0.119. The highest BCUT2D eigenvalue weighted by Crippen LogP contribution is 2.40. The number of primary amides is 1. The highest BCUT2D eigenvalue weighted by molar-refractivity contribution is 5.91. The van der Waals surface area contributed by atoms with Crippen molar-refractivity contribution in [3.63, 3.8) is 0 Å². The minimum atomic E-state index is -0.220. The first kappa shape index (κ1) is 25.4. The number of benzene rings is 2. The predicted octanol–water partition coefficient (Wildman–Crippen LogP) is 2.59. The zero-order chi connectivity index (χ0) is 24.4. The molecule has 1 aliphatic rings. The van der Waals surface area contributed by atoms with Crippen molar-refractivity contribution in [2.75, 3.05) is 40.7 Å². The number of nitriles is 1. The molecule has 1 aliphatic heterocycles. The standard InChI is InChI=1S/C19H20N2O4.C5H10N2O/c1-22-16-6-5-12(8-15(16)21)7-14(11-20)13-9-17(23-2)19(25-4)18(10-13)24-3;6-5(8)4-2-1-3-7-4/h5-10H,21H2,1-4H3;4,7H,1-3H2,(H2,6,8)/b14-7-;/t;4-/m.0/s1. The number of hydrogen-bond acceptors (Lipinski definition) is 8. The Kier molecular flexibility index (Phi) is 9.39. The quantitative estimate of drug-likeness (QED) is 0.329. The van der Waals surface area contributed by atoms with Crippen LogP contribution in [0.5, 0.6) is 23.0 Å². The molecule has 2 aromatic rings.